The summed E-state index contributed by atoms with van der Waals surface area (Å²) in [4.78, 5) is 23.6. The van der Waals surface area contributed by atoms with Crippen molar-refractivity contribution < 1.29 is 23.9 Å². The molecule has 0 fully saturated rings. The van der Waals surface area contributed by atoms with Gasteiger partial charge < -0.3 is 14.2 Å². The van der Waals surface area contributed by atoms with Gasteiger partial charge in [0.2, 0.25) is 0 Å². The molecule has 2 aromatic rings. The Morgan fingerprint density at radius 2 is 1.74 bits per heavy atom. The van der Waals surface area contributed by atoms with E-state index in [9.17, 15) is 14.9 Å². The molecule has 2 aromatic carbocycles. The van der Waals surface area contributed by atoms with Gasteiger partial charge >= 0.3 is 11.7 Å². The molecule has 0 aromatic heterocycles. The summed E-state index contributed by atoms with van der Waals surface area (Å²) < 4.78 is 16.9. The van der Waals surface area contributed by atoms with Gasteiger partial charge in [-0.1, -0.05) is 32.3 Å². The molecule has 2 rings (SSSR count). The lowest BCUT2D eigenvalue weighted by Crippen LogP contribution is -2.14. The number of rotatable bonds is 17. The summed E-state index contributed by atoms with van der Waals surface area (Å²) in [6.07, 6.45) is 11.2. The number of nitrogens with zero attached hydrogens (tertiary/aromatic N) is 1. The minimum Gasteiger partial charge on any atom is -0.494 e. The number of hydrogen-bond donors (Lipinski definition) is 0. The number of allylic oxidation sites excluding steroid dienone is 1. The van der Waals surface area contributed by atoms with Crippen LogP contribution < -0.4 is 14.2 Å². The first-order valence-electron chi connectivity index (χ1n) is 12.5. The van der Waals surface area contributed by atoms with E-state index in [4.69, 9.17) is 14.2 Å². The highest BCUT2D eigenvalue weighted by atomic mass is 16.6. The number of unbranched alkanes of at least 4 members (excludes halogenated alkanes) is 6. The van der Waals surface area contributed by atoms with Crippen LogP contribution in [0, 0.1) is 10.1 Å². The van der Waals surface area contributed by atoms with Gasteiger partial charge in [-0.3, -0.25) is 10.1 Å². The maximum Gasteiger partial charge on any atom is 0.343 e. The number of benzene rings is 2. The fraction of sp³-hybridized carbons (Fsp3) is 0.464. The fourth-order valence-corrected chi connectivity index (χ4v) is 3.55. The van der Waals surface area contributed by atoms with Crippen molar-refractivity contribution in [3.63, 3.8) is 0 Å². The van der Waals surface area contributed by atoms with E-state index < -0.39 is 10.9 Å². The molecule has 1 atom stereocenters. The highest BCUT2D eigenvalue weighted by Gasteiger charge is 2.21. The second-order valence-corrected chi connectivity index (χ2v) is 8.56. The number of hydrogen-bond acceptors (Lipinski definition) is 6. The SMILES string of the molecule is C=CCCCCCOc1ccc(OC(=O)c2ccc(OC(C)CCCCCC)c([N+](=O)[O-])c2)cc1. The summed E-state index contributed by atoms with van der Waals surface area (Å²) in [6.45, 7) is 8.37. The van der Waals surface area contributed by atoms with Crippen LogP contribution in [0.1, 0.15) is 82.0 Å². The highest BCUT2D eigenvalue weighted by molar-refractivity contribution is 5.92. The predicted molar refractivity (Wildman–Crippen MR) is 138 cm³/mol. The molecule has 0 bridgehead atoms. The lowest BCUT2D eigenvalue weighted by atomic mass is 10.1. The van der Waals surface area contributed by atoms with Gasteiger partial charge in [-0.05, 0) is 81.8 Å². The first-order valence-corrected chi connectivity index (χ1v) is 12.5. The summed E-state index contributed by atoms with van der Waals surface area (Å²) >= 11 is 0. The fourth-order valence-electron chi connectivity index (χ4n) is 3.55. The summed E-state index contributed by atoms with van der Waals surface area (Å²) in [6, 6.07) is 10.9. The number of esters is 1. The van der Waals surface area contributed by atoms with Crippen molar-refractivity contribution in [2.45, 2.75) is 77.7 Å². The van der Waals surface area contributed by atoms with E-state index in [2.05, 4.69) is 13.5 Å². The Labute approximate surface area is 208 Å². The van der Waals surface area contributed by atoms with Crippen LogP contribution in [0.3, 0.4) is 0 Å². The van der Waals surface area contributed by atoms with Crippen LogP contribution >= 0.6 is 0 Å². The Hall–Kier alpha value is -3.35. The van der Waals surface area contributed by atoms with Crippen LogP contribution in [0.15, 0.2) is 55.1 Å². The lowest BCUT2D eigenvalue weighted by molar-refractivity contribution is -0.386. The average Bonchev–Trinajstić information content (AvgIpc) is 2.85. The maximum atomic E-state index is 12.6. The van der Waals surface area contributed by atoms with E-state index >= 15 is 0 Å². The van der Waals surface area contributed by atoms with Crippen molar-refractivity contribution in [1.29, 1.82) is 0 Å². The molecule has 1 unspecified atom stereocenters. The van der Waals surface area contributed by atoms with Crippen LogP contribution in [-0.4, -0.2) is 23.6 Å². The monoisotopic (exact) mass is 483 g/mol. The minimum atomic E-state index is -0.678. The van der Waals surface area contributed by atoms with E-state index in [-0.39, 0.29) is 23.1 Å². The molecule has 0 saturated carbocycles. The maximum absolute atomic E-state index is 12.6. The number of nitro benzene ring substituents is 1. The predicted octanol–water partition coefficient (Wildman–Crippen LogP) is 7.68. The number of carbonyl (C=O) groups excluding carboxylic acids is 1. The first kappa shape index (κ1) is 27.9. The Bertz CT molecular complexity index is 941. The van der Waals surface area contributed by atoms with Gasteiger partial charge in [0.05, 0.1) is 23.2 Å². The van der Waals surface area contributed by atoms with Crippen molar-refractivity contribution in [1.82, 2.24) is 0 Å². The third-order valence-corrected chi connectivity index (χ3v) is 5.54. The largest absolute Gasteiger partial charge is 0.494 e. The second kappa shape index (κ2) is 15.5. The quantitative estimate of drug-likeness (QED) is 0.0572. The molecule has 0 N–H and O–H groups in total. The van der Waals surface area contributed by atoms with E-state index in [0.29, 0.717) is 18.1 Å². The Morgan fingerprint density at radius 3 is 2.43 bits per heavy atom. The van der Waals surface area contributed by atoms with E-state index in [1.54, 1.807) is 24.3 Å². The van der Waals surface area contributed by atoms with E-state index in [1.165, 1.54) is 18.2 Å². The minimum absolute atomic E-state index is 0.0829. The van der Waals surface area contributed by atoms with E-state index in [0.717, 1.165) is 57.8 Å². The molecular weight excluding hydrogens is 446 g/mol. The van der Waals surface area contributed by atoms with Crippen molar-refractivity contribution in [2.24, 2.45) is 0 Å². The topological polar surface area (TPSA) is 87.9 Å². The summed E-state index contributed by atoms with van der Waals surface area (Å²) in [5.41, 5.74) is -0.170. The second-order valence-electron chi connectivity index (χ2n) is 8.56. The molecule has 0 spiro atoms. The third kappa shape index (κ3) is 10.2. The summed E-state index contributed by atoms with van der Waals surface area (Å²) in [5.74, 6) is 0.496. The molecule has 190 valence electrons. The molecule has 0 aliphatic heterocycles. The zero-order chi connectivity index (χ0) is 25.5. The van der Waals surface area contributed by atoms with Crippen LogP contribution in [0.4, 0.5) is 5.69 Å². The number of nitro groups is 1. The number of ether oxygens (including phenoxy) is 3. The molecule has 35 heavy (non-hydrogen) atoms. The molecule has 0 radical (unpaired) electrons. The standard InChI is InChI=1S/C28H37NO6/c1-4-6-8-10-12-20-33-24-15-17-25(18-16-24)35-28(30)23-14-19-27(26(21-23)29(31)32)34-22(3)13-11-9-7-5-2/h4,14-19,21-22H,1,5-13,20H2,2-3H3. The van der Waals surface area contributed by atoms with Gasteiger partial charge in [-0.2, -0.15) is 0 Å². The van der Waals surface area contributed by atoms with Gasteiger partial charge in [0.1, 0.15) is 11.5 Å². The molecule has 0 aliphatic rings. The van der Waals surface area contributed by atoms with Crippen LogP contribution in [0.5, 0.6) is 17.2 Å². The normalized spacial score (nSPS) is 11.5. The number of carbonyl (C=O) groups is 1. The first-order chi connectivity index (χ1) is 16.9. The summed E-state index contributed by atoms with van der Waals surface area (Å²) in [7, 11) is 0. The van der Waals surface area contributed by atoms with Gasteiger partial charge in [-0.15, -0.1) is 6.58 Å². The molecular formula is C28H37NO6. The summed E-state index contributed by atoms with van der Waals surface area (Å²) in [5, 5.41) is 11.6. The zero-order valence-electron chi connectivity index (χ0n) is 20.9. The molecule has 7 nitrogen and oxygen atoms in total. The van der Waals surface area contributed by atoms with Crippen LogP contribution in [0.2, 0.25) is 0 Å². The molecule has 0 saturated heterocycles. The lowest BCUT2D eigenvalue weighted by Gasteiger charge is -2.15. The molecule has 0 aliphatic carbocycles. The Balaban J connectivity index is 1.92. The van der Waals surface area contributed by atoms with Crippen molar-refractivity contribution in [2.75, 3.05) is 6.61 Å². The smallest absolute Gasteiger partial charge is 0.343 e. The molecule has 0 amide bonds. The zero-order valence-corrected chi connectivity index (χ0v) is 20.9. The van der Waals surface area contributed by atoms with Crippen molar-refractivity contribution >= 4 is 11.7 Å². The van der Waals surface area contributed by atoms with Crippen molar-refractivity contribution in [3.05, 3.63) is 70.8 Å². The van der Waals surface area contributed by atoms with Gasteiger partial charge in [0.25, 0.3) is 0 Å². The van der Waals surface area contributed by atoms with Gasteiger partial charge in [0.15, 0.2) is 5.75 Å². The van der Waals surface area contributed by atoms with E-state index in [1.807, 2.05) is 13.0 Å². The van der Waals surface area contributed by atoms with Crippen LogP contribution in [-0.2, 0) is 0 Å². The Kier molecular flexibility index (Phi) is 12.4. The third-order valence-electron chi connectivity index (χ3n) is 5.54. The van der Waals surface area contributed by atoms with Crippen molar-refractivity contribution in [3.8, 4) is 17.2 Å². The van der Waals surface area contributed by atoms with Crippen LogP contribution in [0.25, 0.3) is 0 Å². The van der Waals surface area contributed by atoms with Gasteiger partial charge in [0, 0.05) is 6.07 Å². The highest BCUT2D eigenvalue weighted by Crippen LogP contribution is 2.30. The molecule has 0 heterocycles. The Morgan fingerprint density at radius 1 is 1.03 bits per heavy atom. The molecule has 7 heteroatoms. The average molecular weight is 484 g/mol. The van der Waals surface area contributed by atoms with Gasteiger partial charge in [-0.25, -0.2) is 4.79 Å².